The van der Waals surface area contributed by atoms with Crippen molar-refractivity contribution in [3.05, 3.63) is 41.5 Å². The van der Waals surface area contributed by atoms with Gasteiger partial charge in [-0.1, -0.05) is 29.8 Å². The number of aliphatic carboxylic acids is 1. The number of benzene rings is 1. The van der Waals surface area contributed by atoms with Crippen molar-refractivity contribution < 1.29 is 14.7 Å². The first-order valence-corrected chi connectivity index (χ1v) is 7.18. The molecule has 1 atom stereocenters. The first-order valence-electron chi connectivity index (χ1n) is 7.18. The molecule has 0 aliphatic carbocycles. The van der Waals surface area contributed by atoms with E-state index in [4.69, 9.17) is 0 Å². The Morgan fingerprint density at radius 3 is 2.57 bits per heavy atom. The van der Waals surface area contributed by atoms with E-state index in [1.54, 1.807) is 17.9 Å². The lowest BCUT2D eigenvalue weighted by Crippen LogP contribution is -2.47. The Kier molecular flexibility index (Phi) is 4.46. The summed E-state index contributed by atoms with van der Waals surface area (Å²) in [6.45, 7) is 4.62. The molecule has 4 heteroatoms. The second-order valence-corrected chi connectivity index (χ2v) is 5.97. The van der Waals surface area contributed by atoms with Crippen LogP contribution in [-0.2, 0) is 9.59 Å². The van der Waals surface area contributed by atoms with Crippen LogP contribution in [-0.4, -0.2) is 35.0 Å². The fraction of sp³-hybridized carbons (Fsp3) is 0.412. The SMILES string of the molecule is Cc1ccc(C=CC(=O)N2CCCC(C)(C(=O)O)C2)cc1. The molecule has 1 N–H and O–H groups in total. The molecule has 1 saturated heterocycles. The molecule has 1 aromatic carbocycles. The maximum atomic E-state index is 12.2. The Labute approximate surface area is 125 Å². The Balaban J connectivity index is 2.03. The van der Waals surface area contributed by atoms with Crippen LogP contribution < -0.4 is 0 Å². The highest BCUT2D eigenvalue weighted by Gasteiger charge is 2.38. The minimum Gasteiger partial charge on any atom is -0.481 e. The van der Waals surface area contributed by atoms with Gasteiger partial charge in [-0.25, -0.2) is 0 Å². The monoisotopic (exact) mass is 287 g/mol. The van der Waals surface area contributed by atoms with Crippen molar-refractivity contribution >= 4 is 18.0 Å². The molecule has 0 radical (unpaired) electrons. The van der Waals surface area contributed by atoms with E-state index in [0.717, 1.165) is 12.0 Å². The van der Waals surface area contributed by atoms with Crippen LogP contribution in [0.25, 0.3) is 6.08 Å². The van der Waals surface area contributed by atoms with Gasteiger partial charge in [0.25, 0.3) is 0 Å². The molecular weight excluding hydrogens is 266 g/mol. The lowest BCUT2D eigenvalue weighted by molar-refractivity contribution is -0.152. The van der Waals surface area contributed by atoms with Gasteiger partial charge in [0.05, 0.1) is 5.41 Å². The van der Waals surface area contributed by atoms with Gasteiger partial charge in [-0.15, -0.1) is 0 Å². The van der Waals surface area contributed by atoms with Gasteiger partial charge < -0.3 is 10.0 Å². The van der Waals surface area contributed by atoms with E-state index >= 15 is 0 Å². The van der Waals surface area contributed by atoms with Crippen LogP contribution in [0.2, 0.25) is 0 Å². The number of likely N-dealkylation sites (tertiary alicyclic amines) is 1. The highest BCUT2D eigenvalue weighted by molar-refractivity contribution is 5.92. The third-order valence-electron chi connectivity index (χ3n) is 4.02. The number of hydrogen-bond acceptors (Lipinski definition) is 2. The summed E-state index contributed by atoms with van der Waals surface area (Å²) in [6, 6.07) is 7.90. The summed E-state index contributed by atoms with van der Waals surface area (Å²) in [6.07, 6.45) is 4.65. The lowest BCUT2D eigenvalue weighted by atomic mass is 9.82. The summed E-state index contributed by atoms with van der Waals surface area (Å²) in [7, 11) is 0. The topological polar surface area (TPSA) is 57.6 Å². The first kappa shape index (κ1) is 15.3. The number of carboxylic acids is 1. The number of carbonyl (C=O) groups is 2. The van der Waals surface area contributed by atoms with Gasteiger partial charge in [0.1, 0.15) is 0 Å². The van der Waals surface area contributed by atoms with Crippen LogP contribution in [0.15, 0.2) is 30.3 Å². The van der Waals surface area contributed by atoms with Gasteiger partial charge in [-0.3, -0.25) is 9.59 Å². The van der Waals surface area contributed by atoms with Crippen molar-refractivity contribution in [1.82, 2.24) is 4.90 Å². The fourth-order valence-corrected chi connectivity index (χ4v) is 2.55. The highest BCUT2D eigenvalue weighted by atomic mass is 16.4. The standard InChI is InChI=1S/C17H21NO3/c1-13-4-6-14(7-5-13)8-9-15(19)18-11-3-10-17(2,12-18)16(20)21/h4-9H,3,10-12H2,1-2H3,(H,20,21). The van der Waals surface area contributed by atoms with Crippen LogP contribution in [0.3, 0.4) is 0 Å². The molecule has 1 unspecified atom stereocenters. The van der Waals surface area contributed by atoms with Gasteiger partial charge in [-0.2, -0.15) is 0 Å². The minimum atomic E-state index is -0.831. The molecule has 0 spiro atoms. The fourth-order valence-electron chi connectivity index (χ4n) is 2.55. The van der Waals surface area contributed by atoms with E-state index in [0.29, 0.717) is 13.0 Å². The average Bonchev–Trinajstić information content (AvgIpc) is 2.46. The molecule has 2 rings (SSSR count). The molecule has 1 aromatic rings. The molecule has 21 heavy (non-hydrogen) atoms. The average molecular weight is 287 g/mol. The molecule has 1 aliphatic rings. The first-order chi connectivity index (χ1) is 9.90. The zero-order chi connectivity index (χ0) is 15.5. The number of aryl methyl sites for hydroxylation is 1. The van der Waals surface area contributed by atoms with Crippen molar-refractivity contribution in [2.75, 3.05) is 13.1 Å². The zero-order valence-electron chi connectivity index (χ0n) is 12.5. The predicted molar refractivity (Wildman–Crippen MR) is 81.8 cm³/mol. The third kappa shape index (κ3) is 3.72. The molecule has 0 saturated carbocycles. The predicted octanol–water partition coefficient (Wildman–Crippen LogP) is 2.72. The summed E-state index contributed by atoms with van der Waals surface area (Å²) >= 11 is 0. The molecule has 4 nitrogen and oxygen atoms in total. The summed E-state index contributed by atoms with van der Waals surface area (Å²) in [5.74, 6) is -0.953. The van der Waals surface area contributed by atoms with E-state index in [-0.39, 0.29) is 12.5 Å². The molecule has 112 valence electrons. The van der Waals surface area contributed by atoms with Crippen molar-refractivity contribution in [2.45, 2.75) is 26.7 Å². The lowest BCUT2D eigenvalue weighted by Gasteiger charge is -2.37. The van der Waals surface area contributed by atoms with E-state index in [1.165, 1.54) is 11.6 Å². The maximum Gasteiger partial charge on any atom is 0.311 e. The van der Waals surface area contributed by atoms with Crippen molar-refractivity contribution in [3.8, 4) is 0 Å². The molecule has 1 fully saturated rings. The Hall–Kier alpha value is -2.10. The Morgan fingerprint density at radius 2 is 1.95 bits per heavy atom. The van der Waals surface area contributed by atoms with E-state index in [9.17, 15) is 14.7 Å². The molecule has 1 amide bonds. The number of carboxylic acid groups (broad SMARTS) is 1. The summed E-state index contributed by atoms with van der Waals surface area (Å²) in [4.78, 5) is 25.1. The number of carbonyl (C=O) groups excluding carboxylic acids is 1. The molecule has 1 aliphatic heterocycles. The highest BCUT2D eigenvalue weighted by Crippen LogP contribution is 2.29. The molecule has 0 aromatic heterocycles. The van der Waals surface area contributed by atoms with E-state index in [1.807, 2.05) is 31.2 Å². The zero-order valence-corrected chi connectivity index (χ0v) is 12.5. The number of hydrogen-bond donors (Lipinski definition) is 1. The Morgan fingerprint density at radius 1 is 1.29 bits per heavy atom. The summed E-state index contributed by atoms with van der Waals surface area (Å²) in [5.41, 5.74) is 1.31. The van der Waals surface area contributed by atoms with Gasteiger partial charge in [0.15, 0.2) is 0 Å². The number of rotatable bonds is 3. The van der Waals surface area contributed by atoms with Gasteiger partial charge in [0.2, 0.25) is 5.91 Å². The maximum absolute atomic E-state index is 12.2. The number of nitrogens with zero attached hydrogens (tertiary/aromatic N) is 1. The van der Waals surface area contributed by atoms with Gasteiger partial charge in [0, 0.05) is 19.2 Å². The Bertz CT molecular complexity index is 562. The van der Waals surface area contributed by atoms with E-state index < -0.39 is 11.4 Å². The second kappa shape index (κ2) is 6.12. The normalized spacial score (nSPS) is 22.5. The summed E-state index contributed by atoms with van der Waals surface area (Å²) in [5, 5.41) is 9.27. The minimum absolute atomic E-state index is 0.122. The number of piperidine rings is 1. The molecule has 0 bridgehead atoms. The third-order valence-corrected chi connectivity index (χ3v) is 4.02. The van der Waals surface area contributed by atoms with Crippen LogP contribution >= 0.6 is 0 Å². The van der Waals surface area contributed by atoms with Gasteiger partial charge >= 0.3 is 5.97 Å². The largest absolute Gasteiger partial charge is 0.481 e. The van der Waals surface area contributed by atoms with Gasteiger partial charge in [-0.05, 0) is 38.3 Å². The van der Waals surface area contributed by atoms with Crippen LogP contribution in [0.5, 0.6) is 0 Å². The molecule has 1 heterocycles. The quantitative estimate of drug-likeness (QED) is 0.870. The number of amides is 1. The smallest absolute Gasteiger partial charge is 0.311 e. The van der Waals surface area contributed by atoms with Crippen molar-refractivity contribution in [3.63, 3.8) is 0 Å². The van der Waals surface area contributed by atoms with Crippen molar-refractivity contribution in [1.29, 1.82) is 0 Å². The second-order valence-electron chi connectivity index (χ2n) is 5.97. The molecular formula is C17H21NO3. The summed E-state index contributed by atoms with van der Waals surface area (Å²) < 4.78 is 0. The van der Waals surface area contributed by atoms with Crippen LogP contribution in [0.1, 0.15) is 30.9 Å². The van der Waals surface area contributed by atoms with Crippen LogP contribution in [0, 0.1) is 12.3 Å². The van der Waals surface area contributed by atoms with Crippen LogP contribution in [0.4, 0.5) is 0 Å². The van der Waals surface area contributed by atoms with E-state index in [2.05, 4.69) is 0 Å². The van der Waals surface area contributed by atoms with Crippen molar-refractivity contribution in [2.24, 2.45) is 5.41 Å².